The van der Waals surface area contributed by atoms with Crippen LogP contribution in [0.25, 0.3) is 0 Å². The van der Waals surface area contributed by atoms with Crippen molar-refractivity contribution in [3.63, 3.8) is 0 Å². The van der Waals surface area contributed by atoms with Gasteiger partial charge in [0.25, 0.3) is 0 Å². The summed E-state index contributed by atoms with van der Waals surface area (Å²) >= 11 is 0. The van der Waals surface area contributed by atoms with Gasteiger partial charge in [0, 0.05) is 13.0 Å². The molecule has 0 aliphatic carbocycles. The molecule has 23 heavy (non-hydrogen) atoms. The Hall–Kier alpha value is -1.80. The fourth-order valence-electron chi connectivity index (χ4n) is 2.85. The van der Waals surface area contributed by atoms with Gasteiger partial charge in [0.2, 0.25) is 11.8 Å². The summed E-state index contributed by atoms with van der Waals surface area (Å²) in [5.41, 5.74) is 0. The Kier molecular flexibility index (Phi) is 5.02. The Bertz CT molecular complexity index is 626. The molecule has 0 unspecified atom stereocenters. The minimum absolute atomic E-state index is 0.152. The lowest BCUT2D eigenvalue weighted by Crippen LogP contribution is -2.23. The fourth-order valence-corrected chi connectivity index (χ4v) is 2.85. The molecule has 2 aromatic heterocycles. The smallest absolute Gasteiger partial charge is 0.240 e. The molecular weight excluding hydrogens is 298 g/mol. The summed E-state index contributed by atoms with van der Waals surface area (Å²) in [6.45, 7) is 8.04. The Morgan fingerprint density at radius 1 is 1.22 bits per heavy atom. The van der Waals surface area contributed by atoms with Gasteiger partial charge < -0.3 is 13.8 Å². The molecule has 0 spiro atoms. The molecular formula is C15H23N5O3. The van der Waals surface area contributed by atoms with Crippen LogP contribution >= 0.6 is 0 Å². The quantitative estimate of drug-likeness (QED) is 0.768. The number of likely N-dealkylation sites (tertiary alicyclic amines) is 1. The summed E-state index contributed by atoms with van der Waals surface area (Å²) in [7, 11) is 0. The lowest BCUT2D eigenvalue weighted by atomic mass is 10.2. The molecule has 2 atom stereocenters. The molecule has 1 saturated heterocycles. The molecule has 126 valence electrons. The highest BCUT2D eigenvalue weighted by Gasteiger charge is 2.31. The molecule has 1 aliphatic rings. The van der Waals surface area contributed by atoms with Crippen LogP contribution in [-0.4, -0.2) is 38.3 Å². The maximum absolute atomic E-state index is 5.49. The van der Waals surface area contributed by atoms with E-state index in [0.29, 0.717) is 30.8 Å². The normalized spacial score (nSPS) is 20.2. The first-order chi connectivity index (χ1) is 11.2. The van der Waals surface area contributed by atoms with Crippen molar-refractivity contribution in [3.05, 3.63) is 23.4 Å². The summed E-state index contributed by atoms with van der Waals surface area (Å²) in [5, 5.41) is 8.11. The van der Waals surface area contributed by atoms with Crippen molar-refractivity contribution in [2.24, 2.45) is 0 Å². The molecule has 0 radical (unpaired) electrons. The summed E-state index contributed by atoms with van der Waals surface area (Å²) in [4.78, 5) is 11.1. The molecule has 0 amide bonds. The summed E-state index contributed by atoms with van der Waals surface area (Å²) in [6, 6.07) is 0.152. The molecule has 3 heterocycles. The van der Waals surface area contributed by atoms with Gasteiger partial charge in [-0.2, -0.15) is 9.97 Å². The third-order valence-electron chi connectivity index (χ3n) is 4.05. The second-order valence-corrected chi connectivity index (χ2v) is 5.67. The summed E-state index contributed by atoms with van der Waals surface area (Å²) in [6.07, 6.45) is 2.70. The molecule has 1 fully saturated rings. The van der Waals surface area contributed by atoms with Crippen molar-refractivity contribution in [1.29, 1.82) is 0 Å². The molecule has 8 nitrogen and oxygen atoms in total. The van der Waals surface area contributed by atoms with E-state index in [0.717, 1.165) is 31.6 Å². The number of ether oxygens (including phenoxy) is 1. The SMILES string of the molecule is CCO[C@H](C)c1noc(CN2CCC[C@H]2c2noc(CC)n2)n1. The van der Waals surface area contributed by atoms with E-state index in [9.17, 15) is 0 Å². The summed E-state index contributed by atoms with van der Waals surface area (Å²) < 4.78 is 16.1. The number of hydrogen-bond acceptors (Lipinski definition) is 8. The molecule has 0 N–H and O–H groups in total. The monoisotopic (exact) mass is 321 g/mol. The van der Waals surface area contributed by atoms with Crippen molar-refractivity contribution < 1.29 is 13.8 Å². The standard InChI is InChI=1S/C15H23N5O3/c1-4-12-16-15(19-22-12)11-7-6-8-20(11)9-13-17-14(18-23-13)10(3)21-5-2/h10-11H,4-9H2,1-3H3/t10-,11+/m1/s1. The van der Waals surface area contributed by atoms with Crippen LogP contribution in [0.1, 0.15) is 69.2 Å². The van der Waals surface area contributed by atoms with Crippen molar-refractivity contribution >= 4 is 0 Å². The highest BCUT2D eigenvalue weighted by molar-refractivity contribution is 4.99. The van der Waals surface area contributed by atoms with E-state index in [1.807, 2.05) is 20.8 Å². The van der Waals surface area contributed by atoms with Crippen LogP contribution in [0.4, 0.5) is 0 Å². The lowest BCUT2D eigenvalue weighted by Gasteiger charge is -2.19. The van der Waals surface area contributed by atoms with Crippen LogP contribution in [0, 0.1) is 0 Å². The van der Waals surface area contributed by atoms with Gasteiger partial charge in [-0.1, -0.05) is 17.2 Å². The predicted molar refractivity (Wildman–Crippen MR) is 80.4 cm³/mol. The van der Waals surface area contributed by atoms with E-state index in [1.165, 1.54) is 0 Å². The van der Waals surface area contributed by atoms with Gasteiger partial charge >= 0.3 is 0 Å². The van der Waals surface area contributed by atoms with Crippen LogP contribution in [0.5, 0.6) is 0 Å². The molecule has 0 aromatic carbocycles. The second-order valence-electron chi connectivity index (χ2n) is 5.67. The van der Waals surface area contributed by atoms with Crippen LogP contribution in [0.15, 0.2) is 9.05 Å². The third-order valence-corrected chi connectivity index (χ3v) is 4.05. The molecule has 8 heteroatoms. The highest BCUT2D eigenvalue weighted by Crippen LogP contribution is 2.31. The Morgan fingerprint density at radius 3 is 2.78 bits per heavy atom. The average Bonchev–Trinajstić information content (AvgIpc) is 3.27. The van der Waals surface area contributed by atoms with Crippen LogP contribution in [0.3, 0.4) is 0 Å². The minimum atomic E-state index is -0.156. The fraction of sp³-hybridized carbons (Fsp3) is 0.733. The third kappa shape index (κ3) is 3.59. The first kappa shape index (κ1) is 16.1. The Morgan fingerprint density at radius 2 is 2.04 bits per heavy atom. The highest BCUT2D eigenvalue weighted by atomic mass is 16.5. The minimum Gasteiger partial charge on any atom is -0.371 e. The average molecular weight is 321 g/mol. The zero-order valence-corrected chi connectivity index (χ0v) is 13.9. The summed E-state index contributed by atoms with van der Waals surface area (Å²) in [5.74, 6) is 2.61. The van der Waals surface area contributed by atoms with E-state index in [-0.39, 0.29) is 12.1 Å². The van der Waals surface area contributed by atoms with Gasteiger partial charge in [-0.25, -0.2) is 0 Å². The van der Waals surface area contributed by atoms with E-state index in [4.69, 9.17) is 13.8 Å². The maximum atomic E-state index is 5.49. The van der Waals surface area contributed by atoms with E-state index >= 15 is 0 Å². The van der Waals surface area contributed by atoms with Crippen molar-refractivity contribution in [1.82, 2.24) is 25.2 Å². The van der Waals surface area contributed by atoms with Crippen molar-refractivity contribution in [3.8, 4) is 0 Å². The molecule has 1 aliphatic heterocycles. The first-order valence-electron chi connectivity index (χ1n) is 8.21. The van der Waals surface area contributed by atoms with Crippen LogP contribution < -0.4 is 0 Å². The topological polar surface area (TPSA) is 90.3 Å². The molecule has 0 saturated carbocycles. The van der Waals surface area contributed by atoms with Gasteiger partial charge in [0.05, 0.1) is 12.6 Å². The van der Waals surface area contributed by atoms with Gasteiger partial charge in [0.1, 0.15) is 6.10 Å². The number of rotatable bonds is 7. The van der Waals surface area contributed by atoms with E-state index in [1.54, 1.807) is 0 Å². The van der Waals surface area contributed by atoms with E-state index in [2.05, 4.69) is 25.2 Å². The molecule has 0 bridgehead atoms. The number of aromatic nitrogens is 4. The zero-order chi connectivity index (χ0) is 16.2. The number of aryl methyl sites for hydroxylation is 1. The molecule has 3 rings (SSSR count). The lowest BCUT2D eigenvalue weighted by molar-refractivity contribution is 0.0683. The van der Waals surface area contributed by atoms with Gasteiger partial charge in [-0.15, -0.1) is 0 Å². The van der Waals surface area contributed by atoms with Gasteiger partial charge in [-0.05, 0) is 33.2 Å². The van der Waals surface area contributed by atoms with Crippen molar-refractivity contribution in [2.45, 2.75) is 58.7 Å². The zero-order valence-electron chi connectivity index (χ0n) is 13.9. The maximum Gasteiger partial charge on any atom is 0.240 e. The van der Waals surface area contributed by atoms with Crippen molar-refractivity contribution in [2.75, 3.05) is 13.2 Å². The van der Waals surface area contributed by atoms with Crippen LogP contribution in [-0.2, 0) is 17.7 Å². The Labute approximate surface area is 135 Å². The predicted octanol–water partition coefficient (Wildman–Crippen LogP) is 2.45. The Balaban J connectivity index is 1.66. The van der Waals surface area contributed by atoms with Gasteiger partial charge in [-0.3, -0.25) is 4.90 Å². The number of hydrogen-bond donors (Lipinski definition) is 0. The van der Waals surface area contributed by atoms with Gasteiger partial charge in [0.15, 0.2) is 11.6 Å². The molecule has 2 aromatic rings. The number of nitrogens with zero attached hydrogens (tertiary/aromatic N) is 5. The van der Waals surface area contributed by atoms with E-state index < -0.39 is 0 Å². The second kappa shape index (κ2) is 7.18. The first-order valence-corrected chi connectivity index (χ1v) is 8.21. The largest absolute Gasteiger partial charge is 0.371 e. The van der Waals surface area contributed by atoms with Crippen LogP contribution in [0.2, 0.25) is 0 Å².